The molecule has 26 heavy (non-hydrogen) atoms. The van der Waals surface area contributed by atoms with Crippen LogP contribution in [-0.4, -0.2) is 49.4 Å². The van der Waals surface area contributed by atoms with Crippen LogP contribution in [0.4, 0.5) is 0 Å². The molecular formula is C20H24Cl2O4. The van der Waals surface area contributed by atoms with Crippen LogP contribution in [0.2, 0.25) is 0 Å². The molecule has 0 aliphatic heterocycles. The highest BCUT2D eigenvalue weighted by molar-refractivity contribution is 6.18. The first-order valence-corrected chi connectivity index (χ1v) is 9.47. The van der Waals surface area contributed by atoms with Gasteiger partial charge in [-0.2, -0.15) is 0 Å². The molecule has 0 aliphatic carbocycles. The van der Waals surface area contributed by atoms with Gasteiger partial charge >= 0.3 is 0 Å². The summed E-state index contributed by atoms with van der Waals surface area (Å²) in [5.41, 5.74) is 2.36. The van der Waals surface area contributed by atoms with Gasteiger partial charge in [-0.25, -0.2) is 0 Å². The number of aliphatic hydroxyl groups is 1. The van der Waals surface area contributed by atoms with Gasteiger partial charge in [-0.3, -0.25) is 0 Å². The van der Waals surface area contributed by atoms with Crippen LogP contribution >= 0.6 is 23.2 Å². The molecule has 0 aromatic heterocycles. The van der Waals surface area contributed by atoms with E-state index in [2.05, 4.69) is 0 Å². The number of ether oxygens (including phenoxy) is 3. The quantitative estimate of drug-likeness (QED) is 0.583. The Morgan fingerprint density at radius 1 is 0.808 bits per heavy atom. The first kappa shape index (κ1) is 20.8. The van der Waals surface area contributed by atoms with E-state index in [0.717, 1.165) is 12.2 Å². The number of hydrogen-bond acceptors (Lipinski definition) is 4. The molecule has 0 bridgehead atoms. The molecule has 1 N–H and O–H groups in total. The third-order valence-corrected chi connectivity index (χ3v) is 4.52. The third-order valence-electron chi connectivity index (χ3n) is 3.82. The standard InChI is InChI=1S/C20H24Cl2O4/c1-24-20(12-22)14-26-19-8-4-16(5-9-19)10-15-2-6-18(7-3-15)25-13-17(23)11-21/h2-9,17,20,23H,10-14H2,1H3. The van der Waals surface area contributed by atoms with Crippen molar-refractivity contribution < 1.29 is 19.3 Å². The highest BCUT2D eigenvalue weighted by Gasteiger charge is 2.07. The molecule has 0 radical (unpaired) electrons. The zero-order chi connectivity index (χ0) is 18.8. The van der Waals surface area contributed by atoms with Crippen molar-refractivity contribution in [2.24, 2.45) is 0 Å². The fourth-order valence-corrected chi connectivity index (χ4v) is 2.55. The van der Waals surface area contributed by atoms with E-state index < -0.39 is 6.10 Å². The molecule has 0 saturated carbocycles. The molecule has 0 aliphatic rings. The lowest BCUT2D eigenvalue weighted by molar-refractivity contribution is 0.0741. The number of benzene rings is 2. The number of methoxy groups -OCH3 is 1. The molecule has 6 heteroatoms. The predicted molar refractivity (Wildman–Crippen MR) is 105 cm³/mol. The van der Waals surface area contributed by atoms with Crippen molar-refractivity contribution in [2.75, 3.05) is 32.1 Å². The first-order valence-electron chi connectivity index (χ1n) is 8.41. The van der Waals surface area contributed by atoms with E-state index in [-0.39, 0.29) is 18.6 Å². The van der Waals surface area contributed by atoms with Crippen LogP contribution in [-0.2, 0) is 11.2 Å². The second-order valence-corrected chi connectivity index (χ2v) is 6.52. The minimum Gasteiger partial charge on any atom is -0.491 e. The fourth-order valence-electron chi connectivity index (χ4n) is 2.24. The van der Waals surface area contributed by atoms with Crippen molar-refractivity contribution >= 4 is 23.2 Å². The molecule has 142 valence electrons. The average molecular weight is 399 g/mol. The van der Waals surface area contributed by atoms with Crippen LogP contribution in [0.5, 0.6) is 11.5 Å². The summed E-state index contributed by atoms with van der Waals surface area (Å²) in [6, 6.07) is 15.8. The summed E-state index contributed by atoms with van der Waals surface area (Å²) < 4.78 is 16.3. The summed E-state index contributed by atoms with van der Waals surface area (Å²) in [7, 11) is 1.62. The molecule has 0 saturated heterocycles. The summed E-state index contributed by atoms with van der Waals surface area (Å²) in [5.74, 6) is 2.07. The van der Waals surface area contributed by atoms with E-state index in [9.17, 15) is 5.11 Å². The van der Waals surface area contributed by atoms with Crippen molar-refractivity contribution in [3.63, 3.8) is 0 Å². The number of alkyl halides is 2. The molecule has 0 spiro atoms. The van der Waals surface area contributed by atoms with Gasteiger partial charge in [0.25, 0.3) is 0 Å². The summed E-state index contributed by atoms with van der Waals surface area (Å²) in [6.07, 6.45) is 0.0519. The maximum Gasteiger partial charge on any atom is 0.119 e. The normalized spacial score (nSPS) is 13.2. The van der Waals surface area contributed by atoms with Crippen LogP contribution in [0, 0.1) is 0 Å². The van der Waals surface area contributed by atoms with E-state index in [1.807, 2.05) is 48.5 Å². The Bertz CT molecular complexity index is 627. The van der Waals surface area contributed by atoms with Gasteiger partial charge in [0.1, 0.15) is 36.9 Å². The molecule has 0 amide bonds. The van der Waals surface area contributed by atoms with Crippen LogP contribution in [0.25, 0.3) is 0 Å². The van der Waals surface area contributed by atoms with Crippen LogP contribution in [0.3, 0.4) is 0 Å². The van der Waals surface area contributed by atoms with Gasteiger partial charge in [-0.15, -0.1) is 23.2 Å². The summed E-state index contributed by atoms with van der Waals surface area (Å²) in [6.45, 7) is 0.622. The Morgan fingerprint density at radius 3 is 1.73 bits per heavy atom. The van der Waals surface area contributed by atoms with Gasteiger partial charge in [-0.1, -0.05) is 24.3 Å². The maximum atomic E-state index is 9.41. The predicted octanol–water partition coefficient (Wildman–Crippen LogP) is 3.89. The Labute approximate surface area is 164 Å². The largest absolute Gasteiger partial charge is 0.491 e. The average Bonchev–Trinajstić information content (AvgIpc) is 2.69. The van der Waals surface area contributed by atoms with E-state index in [1.54, 1.807) is 7.11 Å². The molecule has 2 rings (SSSR count). The van der Waals surface area contributed by atoms with E-state index in [1.165, 1.54) is 11.1 Å². The fraction of sp³-hybridized carbons (Fsp3) is 0.400. The Kier molecular flexibility index (Phi) is 9.06. The lowest BCUT2D eigenvalue weighted by Crippen LogP contribution is -2.21. The Hall–Kier alpha value is -1.46. The van der Waals surface area contributed by atoms with Gasteiger partial charge < -0.3 is 19.3 Å². The van der Waals surface area contributed by atoms with Gasteiger partial charge in [0.15, 0.2) is 0 Å². The monoisotopic (exact) mass is 398 g/mol. The second kappa shape index (κ2) is 11.3. The van der Waals surface area contributed by atoms with E-state index >= 15 is 0 Å². The lowest BCUT2D eigenvalue weighted by atomic mass is 10.0. The first-order chi connectivity index (χ1) is 12.6. The van der Waals surface area contributed by atoms with Gasteiger partial charge in [0.2, 0.25) is 0 Å². The van der Waals surface area contributed by atoms with Crippen molar-refractivity contribution in [3.8, 4) is 11.5 Å². The Balaban J connectivity index is 1.84. The van der Waals surface area contributed by atoms with Gasteiger partial charge in [-0.05, 0) is 41.8 Å². The minimum absolute atomic E-state index is 0.109. The van der Waals surface area contributed by atoms with Gasteiger partial charge in [0, 0.05) is 7.11 Å². The summed E-state index contributed by atoms with van der Waals surface area (Å²) >= 11 is 11.3. The zero-order valence-corrected chi connectivity index (χ0v) is 16.2. The van der Waals surface area contributed by atoms with E-state index in [0.29, 0.717) is 18.2 Å². The van der Waals surface area contributed by atoms with Crippen molar-refractivity contribution in [3.05, 3.63) is 59.7 Å². The SMILES string of the molecule is COC(CCl)COc1ccc(Cc2ccc(OCC(O)CCl)cc2)cc1. The molecule has 2 unspecified atom stereocenters. The highest BCUT2D eigenvalue weighted by Crippen LogP contribution is 2.18. The Morgan fingerprint density at radius 2 is 1.31 bits per heavy atom. The summed E-state index contributed by atoms with van der Waals surface area (Å²) in [5, 5.41) is 9.41. The second-order valence-electron chi connectivity index (χ2n) is 5.91. The van der Waals surface area contributed by atoms with Crippen LogP contribution in [0.1, 0.15) is 11.1 Å². The number of rotatable bonds is 11. The topological polar surface area (TPSA) is 47.9 Å². The van der Waals surface area contributed by atoms with Crippen molar-refractivity contribution in [1.82, 2.24) is 0 Å². The summed E-state index contributed by atoms with van der Waals surface area (Å²) in [4.78, 5) is 0. The molecular weight excluding hydrogens is 375 g/mol. The lowest BCUT2D eigenvalue weighted by Gasteiger charge is -2.13. The smallest absolute Gasteiger partial charge is 0.119 e. The molecule has 0 heterocycles. The molecule has 4 nitrogen and oxygen atoms in total. The molecule has 2 atom stereocenters. The van der Waals surface area contributed by atoms with Crippen molar-refractivity contribution in [1.29, 1.82) is 0 Å². The van der Waals surface area contributed by atoms with E-state index in [4.69, 9.17) is 37.4 Å². The number of halogens is 2. The third kappa shape index (κ3) is 7.04. The van der Waals surface area contributed by atoms with Gasteiger partial charge in [0.05, 0.1) is 11.8 Å². The molecule has 2 aromatic carbocycles. The number of hydrogen-bond donors (Lipinski definition) is 1. The molecule has 2 aromatic rings. The zero-order valence-electron chi connectivity index (χ0n) is 14.7. The van der Waals surface area contributed by atoms with Crippen LogP contribution < -0.4 is 9.47 Å². The molecule has 0 fully saturated rings. The van der Waals surface area contributed by atoms with Crippen LogP contribution in [0.15, 0.2) is 48.5 Å². The van der Waals surface area contributed by atoms with Crippen molar-refractivity contribution in [2.45, 2.75) is 18.6 Å². The minimum atomic E-state index is -0.652. The number of aliphatic hydroxyl groups excluding tert-OH is 1. The maximum absolute atomic E-state index is 9.41. The highest BCUT2D eigenvalue weighted by atomic mass is 35.5.